The lowest BCUT2D eigenvalue weighted by Crippen LogP contribution is -2.35. The molecule has 128 valence electrons. The lowest BCUT2D eigenvalue weighted by Gasteiger charge is -2.29. The van der Waals surface area contributed by atoms with Crippen molar-refractivity contribution in [2.45, 2.75) is 25.7 Å². The van der Waals surface area contributed by atoms with E-state index in [1.165, 1.54) is 0 Å². The number of rotatable bonds is 6. The summed E-state index contributed by atoms with van der Waals surface area (Å²) < 4.78 is 17.5. The normalized spacial score (nSPS) is 28.0. The molecule has 0 amide bonds. The summed E-state index contributed by atoms with van der Waals surface area (Å²) in [5.41, 5.74) is 9.77. The number of Topliss-reactive ketones (excluding diaryl/α,β-unsaturated/α-hetero) is 1. The van der Waals surface area contributed by atoms with Crippen LogP contribution >= 0.6 is 0 Å². The van der Waals surface area contributed by atoms with Crippen LogP contribution in [-0.2, 0) is 25.6 Å². The Balaban J connectivity index is 1.69. The minimum atomic E-state index is -0.718. The zero-order valence-corrected chi connectivity index (χ0v) is 13.8. The van der Waals surface area contributed by atoms with Crippen LogP contribution in [0.3, 0.4) is 0 Å². The molecule has 6 heteroatoms. The third kappa shape index (κ3) is 3.32. The Morgan fingerprint density at radius 2 is 2.08 bits per heavy atom. The fraction of sp³-hybridized carbons (Fsp3) is 0.556. The summed E-state index contributed by atoms with van der Waals surface area (Å²) in [4.78, 5) is 15.2. The Kier molecular flexibility index (Phi) is 5.21. The van der Waals surface area contributed by atoms with E-state index in [1.807, 2.05) is 37.3 Å². The molecule has 0 bridgehead atoms. The first-order chi connectivity index (χ1) is 11.7. The number of hydrogen-bond acceptors (Lipinski definition) is 4. The zero-order chi connectivity index (χ0) is 17.0. The Labute approximate surface area is 141 Å². The van der Waals surface area contributed by atoms with Crippen LogP contribution in [0.25, 0.3) is 5.53 Å². The van der Waals surface area contributed by atoms with Crippen LogP contribution in [0.1, 0.15) is 18.9 Å². The van der Waals surface area contributed by atoms with Crippen molar-refractivity contribution >= 4 is 12.0 Å². The average Bonchev–Trinajstić information content (AvgIpc) is 3.17. The summed E-state index contributed by atoms with van der Waals surface area (Å²) >= 11 is 0. The molecule has 1 aromatic carbocycles. The molecule has 2 aliphatic rings. The van der Waals surface area contributed by atoms with Crippen molar-refractivity contribution < 1.29 is 23.8 Å². The Morgan fingerprint density at radius 3 is 2.75 bits per heavy atom. The third-order valence-corrected chi connectivity index (χ3v) is 5.11. The van der Waals surface area contributed by atoms with E-state index in [0.717, 1.165) is 11.8 Å². The molecule has 1 heterocycles. The van der Waals surface area contributed by atoms with Gasteiger partial charge in [0, 0.05) is 24.2 Å². The van der Waals surface area contributed by atoms with E-state index in [-0.39, 0.29) is 23.5 Å². The van der Waals surface area contributed by atoms with Gasteiger partial charge in [-0.15, -0.1) is 0 Å². The molecule has 0 N–H and O–H groups in total. The van der Waals surface area contributed by atoms with Crippen molar-refractivity contribution in [2.75, 3.05) is 19.8 Å². The summed E-state index contributed by atoms with van der Waals surface area (Å²) in [5, 5.41) is 0. The second-order valence-corrected chi connectivity index (χ2v) is 6.42. The molecule has 0 radical (unpaired) electrons. The van der Waals surface area contributed by atoms with Crippen LogP contribution < -0.4 is 0 Å². The summed E-state index contributed by atoms with van der Waals surface area (Å²) in [6.07, 6.45) is 1.44. The highest BCUT2D eigenvalue weighted by Gasteiger charge is 2.57. The number of carbonyl (C=O) groups excluding carboxylic acids is 1. The van der Waals surface area contributed by atoms with E-state index < -0.39 is 5.79 Å². The lowest BCUT2D eigenvalue weighted by molar-refractivity contribution is -0.184. The van der Waals surface area contributed by atoms with Gasteiger partial charge in [0.05, 0.1) is 26.4 Å². The molecule has 1 aliphatic heterocycles. The molecular formula is C18H22N2O4. The van der Waals surface area contributed by atoms with Gasteiger partial charge < -0.3 is 19.7 Å². The number of nitrogens with zero attached hydrogens (tertiary/aromatic N) is 2. The zero-order valence-electron chi connectivity index (χ0n) is 13.8. The van der Waals surface area contributed by atoms with Crippen LogP contribution in [-0.4, -0.2) is 42.4 Å². The molecule has 1 aromatic rings. The molecule has 1 saturated carbocycles. The summed E-state index contributed by atoms with van der Waals surface area (Å²) in [7, 11) is 0. The van der Waals surface area contributed by atoms with Gasteiger partial charge >= 0.3 is 6.21 Å². The van der Waals surface area contributed by atoms with Gasteiger partial charge in [0.15, 0.2) is 5.79 Å². The molecule has 3 rings (SSSR count). The standard InChI is InChI=1S/C18H22N2O4/c1-13-16(12-22-11-14-5-3-2-4-6-14)15(17(21)10-20-19)9-18(13)23-7-8-24-18/h2-6,10,13,15-16H,7-9,11-12H2,1H3/t13-,15-,16-/m1/s1. The van der Waals surface area contributed by atoms with Gasteiger partial charge in [0.1, 0.15) is 0 Å². The van der Waals surface area contributed by atoms with Crippen molar-refractivity contribution in [1.82, 2.24) is 0 Å². The van der Waals surface area contributed by atoms with Crippen molar-refractivity contribution in [3.8, 4) is 0 Å². The first-order valence-corrected chi connectivity index (χ1v) is 8.27. The average molecular weight is 330 g/mol. The second-order valence-electron chi connectivity index (χ2n) is 6.42. The smallest absolute Gasteiger partial charge is 0.323 e. The summed E-state index contributed by atoms with van der Waals surface area (Å²) in [6, 6.07) is 9.91. The van der Waals surface area contributed by atoms with Gasteiger partial charge in [0.2, 0.25) is 5.78 Å². The Bertz CT molecular complexity index is 621. The van der Waals surface area contributed by atoms with Gasteiger partial charge in [-0.1, -0.05) is 37.3 Å². The quantitative estimate of drug-likeness (QED) is 0.454. The molecule has 2 fully saturated rings. The topological polar surface area (TPSA) is 81.2 Å². The number of ether oxygens (including phenoxy) is 3. The molecule has 1 saturated heterocycles. The lowest BCUT2D eigenvalue weighted by atomic mass is 9.88. The maximum Gasteiger partial charge on any atom is 0.323 e. The van der Waals surface area contributed by atoms with Crippen LogP contribution in [0.4, 0.5) is 0 Å². The molecule has 1 aliphatic carbocycles. The van der Waals surface area contributed by atoms with Gasteiger partial charge in [-0.05, 0) is 5.56 Å². The maximum absolute atomic E-state index is 12.3. The van der Waals surface area contributed by atoms with E-state index in [4.69, 9.17) is 19.7 Å². The highest BCUT2D eigenvalue weighted by atomic mass is 16.7. The van der Waals surface area contributed by atoms with Crippen molar-refractivity contribution in [1.29, 1.82) is 0 Å². The van der Waals surface area contributed by atoms with Crippen molar-refractivity contribution in [3.05, 3.63) is 41.4 Å². The van der Waals surface area contributed by atoms with Gasteiger partial charge in [0.25, 0.3) is 0 Å². The Hall–Kier alpha value is -1.85. The maximum atomic E-state index is 12.3. The minimum Gasteiger partial charge on any atom is -0.376 e. The summed E-state index contributed by atoms with van der Waals surface area (Å²) in [5.74, 6) is -1.28. The monoisotopic (exact) mass is 330 g/mol. The predicted octanol–water partition coefficient (Wildman–Crippen LogP) is 2.09. The first kappa shape index (κ1) is 17.0. The van der Waals surface area contributed by atoms with E-state index in [1.54, 1.807) is 0 Å². The van der Waals surface area contributed by atoms with E-state index in [9.17, 15) is 4.79 Å². The van der Waals surface area contributed by atoms with E-state index >= 15 is 0 Å². The van der Waals surface area contributed by atoms with Gasteiger partial charge in [-0.2, -0.15) is 4.79 Å². The van der Waals surface area contributed by atoms with Crippen LogP contribution in [0, 0.1) is 17.8 Å². The van der Waals surface area contributed by atoms with E-state index in [0.29, 0.717) is 32.8 Å². The fourth-order valence-corrected chi connectivity index (χ4v) is 3.78. The fourth-order valence-electron chi connectivity index (χ4n) is 3.78. The highest BCUT2D eigenvalue weighted by Crippen LogP contribution is 2.49. The van der Waals surface area contributed by atoms with Gasteiger partial charge in [-0.3, -0.25) is 4.79 Å². The largest absolute Gasteiger partial charge is 0.376 e. The highest BCUT2D eigenvalue weighted by molar-refractivity contribution is 6.26. The molecule has 3 atom stereocenters. The number of carbonyl (C=O) groups is 1. The third-order valence-electron chi connectivity index (χ3n) is 5.11. The van der Waals surface area contributed by atoms with Gasteiger partial charge in [-0.25, -0.2) is 0 Å². The molecule has 0 unspecified atom stereocenters. The molecule has 6 nitrogen and oxygen atoms in total. The van der Waals surface area contributed by atoms with Crippen LogP contribution in [0.5, 0.6) is 0 Å². The Morgan fingerprint density at radius 1 is 1.38 bits per heavy atom. The predicted molar refractivity (Wildman–Crippen MR) is 86.2 cm³/mol. The molecule has 24 heavy (non-hydrogen) atoms. The minimum absolute atomic E-state index is 0.0248. The SMILES string of the molecule is C[C@@H]1[C@@H](COCc2ccccc2)[C@H](C(=O)C=[N+]=[N-])CC12OCCO2. The number of benzene rings is 1. The van der Waals surface area contributed by atoms with Crippen LogP contribution in [0.2, 0.25) is 0 Å². The number of ketones is 1. The second kappa shape index (κ2) is 7.36. The van der Waals surface area contributed by atoms with Crippen molar-refractivity contribution in [2.24, 2.45) is 17.8 Å². The van der Waals surface area contributed by atoms with E-state index in [2.05, 4.69) is 4.79 Å². The first-order valence-electron chi connectivity index (χ1n) is 8.27. The molecule has 0 aromatic heterocycles. The van der Waals surface area contributed by atoms with Crippen LogP contribution in [0.15, 0.2) is 30.3 Å². The molecule has 1 spiro atoms. The van der Waals surface area contributed by atoms with Crippen molar-refractivity contribution in [3.63, 3.8) is 0 Å². The number of hydrogen-bond donors (Lipinski definition) is 0. The molecular weight excluding hydrogens is 308 g/mol. The summed E-state index contributed by atoms with van der Waals surface area (Å²) in [6.45, 7) is 4.03.